The highest BCUT2D eigenvalue weighted by Gasteiger charge is 2.20. The molecule has 3 rings (SSSR count). The first-order valence-corrected chi connectivity index (χ1v) is 8.56. The molecule has 120 valence electrons. The standard InChI is InChI=1S/C16H17N3O3S/c1-11-7-8-14(22-2)15(9-11)23(20,21)17-10-16-18-12-5-3-4-6-13(12)19-16/h3-9,17H,10H2,1-2H3,(H,18,19). The molecule has 0 saturated heterocycles. The van der Waals surface area contributed by atoms with Gasteiger partial charge in [-0.05, 0) is 36.8 Å². The van der Waals surface area contributed by atoms with E-state index in [-0.39, 0.29) is 11.4 Å². The molecule has 2 N–H and O–H groups in total. The van der Waals surface area contributed by atoms with Crippen LogP contribution in [-0.2, 0) is 16.6 Å². The average molecular weight is 331 g/mol. The highest BCUT2D eigenvalue weighted by molar-refractivity contribution is 7.89. The lowest BCUT2D eigenvalue weighted by molar-refractivity contribution is 0.402. The number of sulfonamides is 1. The summed E-state index contributed by atoms with van der Waals surface area (Å²) in [6.07, 6.45) is 0. The summed E-state index contributed by atoms with van der Waals surface area (Å²) in [6, 6.07) is 12.6. The smallest absolute Gasteiger partial charge is 0.244 e. The molecule has 0 atom stereocenters. The summed E-state index contributed by atoms with van der Waals surface area (Å²) in [7, 11) is -2.25. The molecule has 0 amide bonds. The largest absolute Gasteiger partial charge is 0.495 e. The van der Waals surface area contributed by atoms with Crippen LogP contribution in [0.5, 0.6) is 5.75 Å². The number of hydrogen-bond acceptors (Lipinski definition) is 4. The van der Waals surface area contributed by atoms with Gasteiger partial charge in [0.15, 0.2) is 0 Å². The first-order valence-electron chi connectivity index (χ1n) is 7.07. The van der Waals surface area contributed by atoms with Gasteiger partial charge in [0.1, 0.15) is 16.5 Å². The van der Waals surface area contributed by atoms with Crippen LogP contribution in [0.15, 0.2) is 47.4 Å². The number of methoxy groups -OCH3 is 1. The van der Waals surface area contributed by atoms with Gasteiger partial charge in [-0.15, -0.1) is 0 Å². The number of nitrogens with zero attached hydrogens (tertiary/aromatic N) is 1. The third-order valence-electron chi connectivity index (χ3n) is 3.48. The van der Waals surface area contributed by atoms with Crippen molar-refractivity contribution in [2.24, 2.45) is 0 Å². The van der Waals surface area contributed by atoms with Crippen LogP contribution in [0.2, 0.25) is 0 Å². The fourth-order valence-electron chi connectivity index (χ4n) is 2.32. The molecule has 3 aromatic rings. The number of nitrogens with one attached hydrogen (secondary N) is 2. The highest BCUT2D eigenvalue weighted by Crippen LogP contribution is 2.24. The number of aryl methyl sites for hydroxylation is 1. The van der Waals surface area contributed by atoms with Gasteiger partial charge in [-0.2, -0.15) is 0 Å². The number of benzene rings is 2. The van der Waals surface area contributed by atoms with Crippen molar-refractivity contribution in [1.82, 2.24) is 14.7 Å². The SMILES string of the molecule is COc1ccc(C)cc1S(=O)(=O)NCc1nc2ccccc2[nH]1. The Balaban J connectivity index is 1.85. The molecule has 0 bridgehead atoms. The lowest BCUT2D eigenvalue weighted by Crippen LogP contribution is -2.24. The van der Waals surface area contributed by atoms with Crippen molar-refractivity contribution in [3.8, 4) is 5.75 Å². The molecule has 0 aliphatic carbocycles. The highest BCUT2D eigenvalue weighted by atomic mass is 32.2. The first-order chi connectivity index (χ1) is 11.0. The molecule has 0 saturated carbocycles. The van der Waals surface area contributed by atoms with Crippen molar-refractivity contribution in [3.05, 3.63) is 53.9 Å². The van der Waals surface area contributed by atoms with E-state index in [4.69, 9.17) is 4.74 Å². The van der Waals surface area contributed by atoms with Gasteiger partial charge in [0, 0.05) is 0 Å². The van der Waals surface area contributed by atoms with Gasteiger partial charge in [0.2, 0.25) is 10.0 Å². The quantitative estimate of drug-likeness (QED) is 0.752. The second kappa shape index (κ2) is 6.02. The van der Waals surface area contributed by atoms with E-state index in [2.05, 4.69) is 14.7 Å². The molecule has 7 heteroatoms. The normalized spacial score (nSPS) is 11.7. The number of aromatic nitrogens is 2. The minimum Gasteiger partial charge on any atom is -0.495 e. The molecule has 0 spiro atoms. The monoisotopic (exact) mass is 331 g/mol. The van der Waals surface area contributed by atoms with Gasteiger partial charge in [0.25, 0.3) is 0 Å². The maximum Gasteiger partial charge on any atom is 0.244 e. The Hall–Kier alpha value is -2.38. The molecule has 0 radical (unpaired) electrons. The fraction of sp³-hybridized carbons (Fsp3) is 0.188. The van der Waals surface area contributed by atoms with Crippen molar-refractivity contribution in [3.63, 3.8) is 0 Å². The van der Waals surface area contributed by atoms with E-state index in [1.54, 1.807) is 18.2 Å². The number of fused-ring (bicyclic) bond motifs is 1. The summed E-state index contributed by atoms with van der Waals surface area (Å²) in [5, 5.41) is 0. The van der Waals surface area contributed by atoms with E-state index in [9.17, 15) is 8.42 Å². The molecule has 6 nitrogen and oxygen atoms in total. The summed E-state index contributed by atoms with van der Waals surface area (Å²) >= 11 is 0. The summed E-state index contributed by atoms with van der Waals surface area (Å²) in [4.78, 5) is 7.57. The number of hydrogen-bond donors (Lipinski definition) is 2. The minimum atomic E-state index is -3.70. The Bertz CT molecular complexity index is 915. The number of para-hydroxylation sites is 2. The minimum absolute atomic E-state index is 0.0775. The van der Waals surface area contributed by atoms with Crippen LogP contribution in [-0.4, -0.2) is 25.5 Å². The number of ether oxygens (including phenoxy) is 1. The van der Waals surface area contributed by atoms with Crippen LogP contribution >= 0.6 is 0 Å². The van der Waals surface area contributed by atoms with Crippen LogP contribution in [0.1, 0.15) is 11.4 Å². The van der Waals surface area contributed by atoms with E-state index in [0.29, 0.717) is 11.6 Å². The Morgan fingerprint density at radius 3 is 2.74 bits per heavy atom. The summed E-state index contributed by atoms with van der Waals surface area (Å²) in [5.74, 6) is 0.870. The van der Waals surface area contributed by atoms with Gasteiger partial charge < -0.3 is 9.72 Å². The molecule has 1 heterocycles. The lowest BCUT2D eigenvalue weighted by atomic mass is 10.2. The predicted octanol–water partition coefficient (Wildman–Crippen LogP) is 2.36. The Morgan fingerprint density at radius 2 is 2.00 bits per heavy atom. The van der Waals surface area contributed by atoms with Crippen LogP contribution < -0.4 is 9.46 Å². The molecule has 0 aliphatic rings. The topological polar surface area (TPSA) is 84.1 Å². The second-order valence-electron chi connectivity index (χ2n) is 5.18. The van der Waals surface area contributed by atoms with Crippen molar-refractivity contribution in [2.45, 2.75) is 18.4 Å². The lowest BCUT2D eigenvalue weighted by Gasteiger charge is -2.10. The predicted molar refractivity (Wildman–Crippen MR) is 87.9 cm³/mol. The maximum absolute atomic E-state index is 12.5. The molecule has 0 unspecified atom stereocenters. The first kappa shape index (κ1) is 15.5. The van der Waals surface area contributed by atoms with Crippen LogP contribution in [0.25, 0.3) is 11.0 Å². The summed E-state index contributed by atoms with van der Waals surface area (Å²) in [5.41, 5.74) is 2.51. The van der Waals surface area contributed by atoms with Crippen molar-refractivity contribution < 1.29 is 13.2 Å². The zero-order chi connectivity index (χ0) is 16.4. The molecular formula is C16H17N3O3S. The zero-order valence-corrected chi connectivity index (χ0v) is 13.6. The molecular weight excluding hydrogens is 314 g/mol. The number of aromatic amines is 1. The van der Waals surface area contributed by atoms with Crippen molar-refractivity contribution in [1.29, 1.82) is 0 Å². The van der Waals surface area contributed by atoms with E-state index < -0.39 is 10.0 Å². The maximum atomic E-state index is 12.5. The molecule has 2 aromatic carbocycles. The van der Waals surface area contributed by atoms with E-state index in [1.807, 2.05) is 31.2 Å². The van der Waals surface area contributed by atoms with Gasteiger partial charge in [-0.1, -0.05) is 18.2 Å². The van der Waals surface area contributed by atoms with Gasteiger partial charge in [-0.3, -0.25) is 0 Å². The number of H-pyrrole nitrogens is 1. The van der Waals surface area contributed by atoms with Crippen molar-refractivity contribution >= 4 is 21.1 Å². The third-order valence-corrected chi connectivity index (χ3v) is 4.90. The van der Waals surface area contributed by atoms with Crippen LogP contribution in [0, 0.1) is 6.92 Å². The molecule has 23 heavy (non-hydrogen) atoms. The number of rotatable bonds is 5. The van der Waals surface area contributed by atoms with Gasteiger partial charge in [0.05, 0.1) is 24.7 Å². The molecule has 0 fully saturated rings. The van der Waals surface area contributed by atoms with E-state index in [0.717, 1.165) is 16.6 Å². The van der Waals surface area contributed by atoms with Crippen molar-refractivity contribution in [2.75, 3.05) is 7.11 Å². The van der Waals surface area contributed by atoms with Gasteiger partial charge in [-0.25, -0.2) is 18.1 Å². The molecule has 0 aliphatic heterocycles. The average Bonchev–Trinajstić information content (AvgIpc) is 2.96. The summed E-state index contributed by atoms with van der Waals surface area (Å²) in [6.45, 7) is 1.91. The molecule has 1 aromatic heterocycles. The van der Waals surface area contributed by atoms with E-state index >= 15 is 0 Å². The Morgan fingerprint density at radius 1 is 1.22 bits per heavy atom. The van der Waals surface area contributed by atoms with Gasteiger partial charge >= 0.3 is 0 Å². The Kier molecular flexibility index (Phi) is 4.06. The van der Waals surface area contributed by atoms with Crippen LogP contribution in [0.4, 0.5) is 0 Å². The second-order valence-corrected chi connectivity index (χ2v) is 6.91. The Labute approximate surface area is 134 Å². The zero-order valence-electron chi connectivity index (χ0n) is 12.8. The third kappa shape index (κ3) is 3.20. The summed E-state index contributed by atoms with van der Waals surface area (Å²) < 4.78 is 32.7. The fourth-order valence-corrected chi connectivity index (χ4v) is 3.56. The van der Waals surface area contributed by atoms with Crippen LogP contribution in [0.3, 0.4) is 0 Å². The number of imidazole rings is 1. The van der Waals surface area contributed by atoms with E-state index in [1.165, 1.54) is 7.11 Å².